The molecule has 0 fully saturated rings. The molecule has 1 aromatic carbocycles. The van der Waals surface area contributed by atoms with Crippen LogP contribution in [-0.2, 0) is 0 Å². The molecule has 0 saturated carbocycles. The van der Waals surface area contributed by atoms with Crippen LogP contribution < -0.4 is 0 Å². The van der Waals surface area contributed by atoms with Crippen LogP contribution in [-0.4, -0.2) is 5.75 Å². The Balaban J connectivity index is 2.19. The van der Waals surface area contributed by atoms with Crippen molar-refractivity contribution in [2.24, 2.45) is 5.92 Å². The Morgan fingerprint density at radius 1 is 1.14 bits per heavy atom. The van der Waals surface area contributed by atoms with Gasteiger partial charge in [-0.15, -0.1) is 11.8 Å². The van der Waals surface area contributed by atoms with Gasteiger partial charge in [-0.1, -0.05) is 44.2 Å². The molecule has 0 atom stereocenters. The molecule has 0 aliphatic rings. The summed E-state index contributed by atoms with van der Waals surface area (Å²) in [6.07, 6.45) is 5.73. The van der Waals surface area contributed by atoms with Crippen LogP contribution in [0.3, 0.4) is 0 Å². The number of thioether (sulfide) groups is 1. The second kappa shape index (κ2) is 6.72. The summed E-state index contributed by atoms with van der Waals surface area (Å²) < 4.78 is 0. The molecule has 0 nitrogen and oxygen atoms in total. The van der Waals surface area contributed by atoms with Crippen molar-refractivity contribution < 1.29 is 0 Å². The zero-order chi connectivity index (χ0) is 10.2. The van der Waals surface area contributed by atoms with Gasteiger partial charge in [-0.05, 0) is 24.5 Å². The van der Waals surface area contributed by atoms with Gasteiger partial charge in [-0.2, -0.15) is 0 Å². The second-order valence-electron chi connectivity index (χ2n) is 3.73. The highest BCUT2D eigenvalue weighted by atomic mass is 32.2. The van der Waals surface area contributed by atoms with Crippen molar-refractivity contribution in [2.75, 3.05) is 5.75 Å². The second-order valence-corrected chi connectivity index (χ2v) is 4.82. The largest absolute Gasteiger partial charge is 0.122 e. The Morgan fingerprint density at radius 3 is 2.50 bits per heavy atom. The van der Waals surface area contributed by atoms with Gasteiger partial charge in [0.1, 0.15) is 0 Å². The van der Waals surface area contributed by atoms with Crippen LogP contribution in [0.1, 0.15) is 20.3 Å². The van der Waals surface area contributed by atoms with E-state index >= 15 is 0 Å². The summed E-state index contributed by atoms with van der Waals surface area (Å²) in [6, 6.07) is 10.5. The molecule has 0 heterocycles. The number of allylic oxidation sites excluding steroid dienone is 1. The van der Waals surface area contributed by atoms with Crippen LogP contribution in [0.4, 0.5) is 0 Å². The van der Waals surface area contributed by atoms with E-state index in [1.54, 1.807) is 0 Å². The molecule has 1 heteroatoms. The van der Waals surface area contributed by atoms with Crippen molar-refractivity contribution in [1.29, 1.82) is 0 Å². The Morgan fingerprint density at radius 2 is 1.86 bits per heavy atom. The number of rotatable bonds is 5. The van der Waals surface area contributed by atoms with E-state index in [9.17, 15) is 0 Å². The first kappa shape index (κ1) is 11.4. The Hall–Kier alpha value is -0.690. The summed E-state index contributed by atoms with van der Waals surface area (Å²) in [4.78, 5) is 1.35. The van der Waals surface area contributed by atoms with Crippen LogP contribution in [0.5, 0.6) is 0 Å². The van der Waals surface area contributed by atoms with Gasteiger partial charge in [-0.25, -0.2) is 0 Å². The molecule has 76 valence electrons. The molecule has 0 radical (unpaired) electrons. The average Bonchev–Trinajstić information content (AvgIpc) is 2.18. The van der Waals surface area contributed by atoms with E-state index in [-0.39, 0.29) is 0 Å². The molecule has 0 unspecified atom stereocenters. The summed E-state index contributed by atoms with van der Waals surface area (Å²) in [5.74, 6) is 1.85. The van der Waals surface area contributed by atoms with E-state index in [1.165, 1.54) is 11.3 Å². The minimum absolute atomic E-state index is 0.771. The van der Waals surface area contributed by atoms with Gasteiger partial charge in [0.2, 0.25) is 0 Å². The van der Waals surface area contributed by atoms with Crippen molar-refractivity contribution in [3.63, 3.8) is 0 Å². The fourth-order valence-corrected chi connectivity index (χ4v) is 1.87. The van der Waals surface area contributed by atoms with Crippen molar-refractivity contribution in [3.05, 3.63) is 42.5 Å². The van der Waals surface area contributed by atoms with Crippen molar-refractivity contribution >= 4 is 11.8 Å². The molecule has 1 rings (SSSR count). The van der Waals surface area contributed by atoms with Gasteiger partial charge < -0.3 is 0 Å². The zero-order valence-corrected chi connectivity index (χ0v) is 9.76. The summed E-state index contributed by atoms with van der Waals surface area (Å²) >= 11 is 1.89. The van der Waals surface area contributed by atoms with Gasteiger partial charge in [0.15, 0.2) is 0 Å². The van der Waals surface area contributed by atoms with Gasteiger partial charge in [0, 0.05) is 10.6 Å². The maximum atomic E-state index is 2.28. The summed E-state index contributed by atoms with van der Waals surface area (Å²) in [6.45, 7) is 4.49. The number of hydrogen-bond donors (Lipinski definition) is 0. The summed E-state index contributed by atoms with van der Waals surface area (Å²) in [7, 11) is 0. The van der Waals surface area contributed by atoms with Crippen molar-refractivity contribution in [2.45, 2.75) is 25.2 Å². The normalized spacial score (nSPS) is 11.4. The average molecular weight is 206 g/mol. The molecule has 0 N–H and O–H groups in total. The fraction of sp³-hybridized carbons (Fsp3) is 0.385. The van der Waals surface area contributed by atoms with E-state index in [0.717, 1.165) is 11.7 Å². The van der Waals surface area contributed by atoms with Crippen molar-refractivity contribution in [1.82, 2.24) is 0 Å². The fourth-order valence-electron chi connectivity index (χ4n) is 1.10. The Labute approximate surface area is 91.4 Å². The molecule has 0 bridgehead atoms. The topological polar surface area (TPSA) is 0 Å². The van der Waals surface area contributed by atoms with Gasteiger partial charge in [0.05, 0.1) is 0 Å². The van der Waals surface area contributed by atoms with Crippen LogP contribution >= 0.6 is 11.8 Å². The smallest absolute Gasteiger partial charge is 0.0160 e. The minimum atomic E-state index is 0.771. The van der Waals surface area contributed by atoms with Crippen LogP contribution in [0.2, 0.25) is 0 Å². The molecule has 1 aromatic rings. The van der Waals surface area contributed by atoms with Crippen LogP contribution in [0.15, 0.2) is 47.4 Å². The lowest BCUT2D eigenvalue weighted by atomic mass is 10.1. The lowest BCUT2D eigenvalue weighted by Crippen LogP contribution is -1.81. The first-order valence-corrected chi connectivity index (χ1v) is 6.10. The standard InChI is InChI=1S/C13H18S/c1-12(2)8-6-7-11-14-13-9-4-3-5-10-13/h3-7,9-10,12H,8,11H2,1-2H3. The molecule has 0 aromatic heterocycles. The van der Waals surface area contributed by atoms with E-state index in [0.29, 0.717) is 0 Å². The van der Waals surface area contributed by atoms with Crippen molar-refractivity contribution in [3.8, 4) is 0 Å². The monoisotopic (exact) mass is 206 g/mol. The minimum Gasteiger partial charge on any atom is -0.122 e. The first-order valence-electron chi connectivity index (χ1n) is 5.12. The highest BCUT2D eigenvalue weighted by molar-refractivity contribution is 7.99. The van der Waals surface area contributed by atoms with E-state index in [2.05, 4.69) is 56.3 Å². The molecule has 0 spiro atoms. The zero-order valence-electron chi connectivity index (χ0n) is 8.94. The van der Waals surface area contributed by atoms with Gasteiger partial charge >= 0.3 is 0 Å². The molecule has 14 heavy (non-hydrogen) atoms. The SMILES string of the molecule is CC(C)CC=CCSc1ccccc1. The van der Waals surface area contributed by atoms with E-state index < -0.39 is 0 Å². The van der Waals surface area contributed by atoms with Gasteiger partial charge in [0.25, 0.3) is 0 Å². The molecular weight excluding hydrogens is 188 g/mol. The molecule has 0 aliphatic heterocycles. The summed E-state index contributed by atoms with van der Waals surface area (Å²) in [5, 5.41) is 0. The summed E-state index contributed by atoms with van der Waals surface area (Å²) in [5.41, 5.74) is 0. The van der Waals surface area contributed by atoms with E-state index in [4.69, 9.17) is 0 Å². The molecule has 0 saturated heterocycles. The maximum absolute atomic E-state index is 2.28. The third-order valence-electron chi connectivity index (χ3n) is 1.86. The number of hydrogen-bond acceptors (Lipinski definition) is 1. The van der Waals surface area contributed by atoms with Gasteiger partial charge in [-0.3, -0.25) is 0 Å². The van der Waals surface area contributed by atoms with Crippen LogP contribution in [0.25, 0.3) is 0 Å². The lowest BCUT2D eigenvalue weighted by Gasteiger charge is -1.98. The number of benzene rings is 1. The third-order valence-corrected chi connectivity index (χ3v) is 2.83. The van der Waals surface area contributed by atoms with Crippen LogP contribution in [0, 0.1) is 5.92 Å². The maximum Gasteiger partial charge on any atom is 0.0160 e. The molecule has 0 aliphatic carbocycles. The lowest BCUT2D eigenvalue weighted by molar-refractivity contribution is 0.663. The predicted molar refractivity (Wildman–Crippen MR) is 65.8 cm³/mol. The Bertz CT molecular complexity index is 262. The first-order chi connectivity index (χ1) is 6.79. The molecular formula is C13H18S. The quantitative estimate of drug-likeness (QED) is 0.509. The highest BCUT2D eigenvalue weighted by Crippen LogP contribution is 2.16. The molecule has 0 amide bonds. The predicted octanol–water partition coefficient (Wildman–Crippen LogP) is 4.38. The Kier molecular flexibility index (Phi) is 5.46. The van der Waals surface area contributed by atoms with E-state index in [1.807, 2.05) is 11.8 Å². The third kappa shape index (κ3) is 5.13. The highest BCUT2D eigenvalue weighted by Gasteiger charge is 1.89.